The number of halogens is 1. The van der Waals surface area contributed by atoms with Crippen LogP contribution in [0.15, 0.2) is 48.7 Å². The van der Waals surface area contributed by atoms with Crippen molar-refractivity contribution in [1.82, 2.24) is 4.98 Å². The Morgan fingerprint density at radius 1 is 1.20 bits per heavy atom. The van der Waals surface area contributed by atoms with Crippen LogP contribution in [0.1, 0.15) is 17.3 Å². The van der Waals surface area contributed by atoms with Crippen molar-refractivity contribution < 1.29 is 14.3 Å². The third-order valence-corrected chi connectivity index (χ3v) is 4.00. The van der Waals surface area contributed by atoms with E-state index in [4.69, 9.17) is 21.1 Å². The first-order valence-electron chi connectivity index (χ1n) is 7.79. The maximum atomic E-state index is 12.1. The lowest BCUT2D eigenvalue weighted by molar-refractivity contribution is 0.0528. The lowest BCUT2D eigenvalue weighted by atomic mass is 10.1. The fraction of sp³-hybridized carbons (Fsp3) is 0.158. The van der Waals surface area contributed by atoms with E-state index < -0.39 is 0 Å². The third-order valence-electron chi connectivity index (χ3n) is 3.70. The van der Waals surface area contributed by atoms with Crippen molar-refractivity contribution in [3.05, 3.63) is 59.2 Å². The minimum absolute atomic E-state index is 0.317. The number of benzene rings is 2. The number of anilines is 2. The second-order valence-electron chi connectivity index (χ2n) is 5.26. The number of hydrogen-bond donors (Lipinski definition) is 1. The zero-order chi connectivity index (χ0) is 17.8. The van der Waals surface area contributed by atoms with Gasteiger partial charge in [0.05, 0.1) is 24.3 Å². The number of rotatable bonds is 5. The predicted octanol–water partition coefficient (Wildman–Crippen LogP) is 4.82. The summed E-state index contributed by atoms with van der Waals surface area (Å²) in [5.41, 5.74) is 1.21. The van der Waals surface area contributed by atoms with Crippen LogP contribution in [0.3, 0.4) is 0 Å². The van der Waals surface area contributed by atoms with Crippen molar-refractivity contribution in [3.63, 3.8) is 0 Å². The summed E-state index contributed by atoms with van der Waals surface area (Å²) in [6.07, 6.45) is 1.52. The first-order valence-corrected chi connectivity index (χ1v) is 8.17. The van der Waals surface area contributed by atoms with Crippen molar-refractivity contribution in [3.8, 4) is 5.75 Å². The molecule has 0 saturated heterocycles. The summed E-state index contributed by atoms with van der Waals surface area (Å²) in [5, 5.41) is 5.33. The SMILES string of the molecule is CCOC(=O)c1cnc(Nc2ccc(OC)c(Cl)c2)c2ccccc12. The molecule has 2 aromatic carbocycles. The number of nitrogens with zero attached hydrogens (tertiary/aromatic N) is 1. The summed E-state index contributed by atoms with van der Waals surface area (Å²) in [4.78, 5) is 16.5. The summed E-state index contributed by atoms with van der Waals surface area (Å²) in [5.74, 6) is 0.845. The van der Waals surface area contributed by atoms with Gasteiger partial charge in [0.15, 0.2) is 0 Å². The van der Waals surface area contributed by atoms with E-state index in [1.165, 1.54) is 6.20 Å². The molecule has 0 aliphatic rings. The second kappa shape index (κ2) is 7.40. The Labute approximate surface area is 150 Å². The average Bonchev–Trinajstić information content (AvgIpc) is 2.62. The van der Waals surface area contributed by atoms with Gasteiger partial charge in [0.1, 0.15) is 11.6 Å². The highest BCUT2D eigenvalue weighted by Crippen LogP contribution is 2.31. The summed E-state index contributed by atoms with van der Waals surface area (Å²) in [6.45, 7) is 2.09. The van der Waals surface area contributed by atoms with Crippen LogP contribution in [-0.4, -0.2) is 24.7 Å². The van der Waals surface area contributed by atoms with Gasteiger partial charge in [0.25, 0.3) is 0 Å². The average molecular weight is 357 g/mol. The molecule has 0 aliphatic carbocycles. The van der Waals surface area contributed by atoms with E-state index in [-0.39, 0.29) is 5.97 Å². The van der Waals surface area contributed by atoms with Crippen LogP contribution in [0.4, 0.5) is 11.5 Å². The number of pyridine rings is 1. The highest BCUT2D eigenvalue weighted by Gasteiger charge is 2.14. The zero-order valence-electron chi connectivity index (χ0n) is 13.9. The number of carbonyl (C=O) groups excluding carboxylic acids is 1. The quantitative estimate of drug-likeness (QED) is 0.664. The van der Waals surface area contributed by atoms with E-state index in [1.54, 1.807) is 26.2 Å². The summed E-state index contributed by atoms with van der Waals surface area (Å²) in [6, 6.07) is 12.9. The number of aromatic nitrogens is 1. The molecule has 0 spiro atoms. The normalized spacial score (nSPS) is 10.5. The molecule has 3 aromatic rings. The van der Waals surface area contributed by atoms with Gasteiger partial charge in [-0.05, 0) is 25.1 Å². The third kappa shape index (κ3) is 3.51. The Morgan fingerprint density at radius 3 is 2.64 bits per heavy atom. The first-order chi connectivity index (χ1) is 12.1. The monoisotopic (exact) mass is 356 g/mol. The Kier molecular flexibility index (Phi) is 5.05. The largest absolute Gasteiger partial charge is 0.495 e. The van der Waals surface area contributed by atoms with Crippen LogP contribution in [0.25, 0.3) is 10.8 Å². The summed E-state index contributed by atoms with van der Waals surface area (Å²) in [7, 11) is 1.57. The molecule has 6 heteroatoms. The van der Waals surface area contributed by atoms with Crippen molar-refractivity contribution in [2.75, 3.05) is 19.0 Å². The van der Waals surface area contributed by atoms with E-state index in [0.717, 1.165) is 16.5 Å². The molecule has 5 nitrogen and oxygen atoms in total. The van der Waals surface area contributed by atoms with Gasteiger partial charge in [0, 0.05) is 22.7 Å². The molecule has 0 bridgehead atoms. The number of methoxy groups -OCH3 is 1. The van der Waals surface area contributed by atoms with Gasteiger partial charge in [-0.2, -0.15) is 0 Å². The number of ether oxygens (including phenoxy) is 2. The summed E-state index contributed by atoms with van der Waals surface area (Å²) < 4.78 is 10.3. The van der Waals surface area contributed by atoms with E-state index >= 15 is 0 Å². The highest BCUT2D eigenvalue weighted by molar-refractivity contribution is 6.32. The molecule has 1 heterocycles. The molecule has 0 atom stereocenters. The van der Waals surface area contributed by atoms with E-state index in [2.05, 4.69) is 10.3 Å². The van der Waals surface area contributed by atoms with Crippen LogP contribution < -0.4 is 10.1 Å². The summed E-state index contributed by atoms with van der Waals surface area (Å²) >= 11 is 6.17. The molecule has 0 aliphatic heterocycles. The number of hydrogen-bond acceptors (Lipinski definition) is 5. The number of carbonyl (C=O) groups is 1. The molecule has 1 N–H and O–H groups in total. The smallest absolute Gasteiger partial charge is 0.340 e. The minimum Gasteiger partial charge on any atom is -0.495 e. The highest BCUT2D eigenvalue weighted by atomic mass is 35.5. The van der Waals surface area contributed by atoms with Crippen LogP contribution >= 0.6 is 11.6 Å². The Balaban J connectivity index is 2.02. The molecular formula is C19H17ClN2O3. The standard InChI is InChI=1S/C19H17ClN2O3/c1-3-25-19(23)15-11-21-18(14-7-5-4-6-13(14)15)22-12-8-9-17(24-2)16(20)10-12/h4-11H,3H2,1-2H3,(H,21,22). The lowest BCUT2D eigenvalue weighted by Gasteiger charge is -2.12. The van der Waals surface area contributed by atoms with Gasteiger partial charge in [-0.15, -0.1) is 0 Å². The molecule has 0 fully saturated rings. The molecule has 1 aromatic heterocycles. The molecular weight excluding hydrogens is 340 g/mol. The predicted molar refractivity (Wildman–Crippen MR) is 99.0 cm³/mol. The molecule has 0 unspecified atom stereocenters. The van der Waals surface area contributed by atoms with Crippen LogP contribution in [0.5, 0.6) is 5.75 Å². The van der Waals surface area contributed by atoms with Crippen molar-refractivity contribution >= 4 is 39.8 Å². The fourth-order valence-electron chi connectivity index (χ4n) is 2.54. The molecule has 0 saturated carbocycles. The molecule has 0 amide bonds. The number of fused-ring (bicyclic) bond motifs is 1. The maximum Gasteiger partial charge on any atom is 0.340 e. The molecule has 0 radical (unpaired) electrons. The molecule has 128 valence electrons. The van der Waals surface area contributed by atoms with E-state index in [9.17, 15) is 4.79 Å². The molecule has 3 rings (SSSR count). The van der Waals surface area contributed by atoms with Crippen molar-refractivity contribution in [2.24, 2.45) is 0 Å². The Bertz CT molecular complexity index is 928. The Hall–Kier alpha value is -2.79. The number of esters is 1. The second-order valence-corrected chi connectivity index (χ2v) is 5.67. The van der Waals surface area contributed by atoms with Gasteiger partial charge in [0.2, 0.25) is 0 Å². The topological polar surface area (TPSA) is 60.5 Å². The van der Waals surface area contributed by atoms with E-state index in [0.29, 0.717) is 28.8 Å². The fourth-order valence-corrected chi connectivity index (χ4v) is 2.80. The first kappa shape index (κ1) is 17.0. The van der Waals surface area contributed by atoms with Crippen LogP contribution in [-0.2, 0) is 4.74 Å². The molecule has 25 heavy (non-hydrogen) atoms. The van der Waals surface area contributed by atoms with Gasteiger partial charge >= 0.3 is 5.97 Å². The van der Waals surface area contributed by atoms with Gasteiger partial charge < -0.3 is 14.8 Å². The van der Waals surface area contributed by atoms with Crippen molar-refractivity contribution in [2.45, 2.75) is 6.92 Å². The van der Waals surface area contributed by atoms with Crippen molar-refractivity contribution in [1.29, 1.82) is 0 Å². The Morgan fingerprint density at radius 2 is 1.96 bits per heavy atom. The van der Waals surface area contributed by atoms with Crippen LogP contribution in [0.2, 0.25) is 5.02 Å². The minimum atomic E-state index is -0.384. The maximum absolute atomic E-state index is 12.1. The van der Waals surface area contributed by atoms with Gasteiger partial charge in [-0.1, -0.05) is 35.9 Å². The van der Waals surface area contributed by atoms with Gasteiger partial charge in [-0.3, -0.25) is 0 Å². The lowest BCUT2D eigenvalue weighted by Crippen LogP contribution is -2.07. The van der Waals surface area contributed by atoms with Gasteiger partial charge in [-0.25, -0.2) is 9.78 Å². The zero-order valence-corrected chi connectivity index (χ0v) is 14.6. The van der Waals surface area contributed by atoms with Crippen LogP contribution in [0, 0.1) is 0 Å². The van der Waals surface area contributed by atoms with E-state index in [1.807, 2.05) is 30.3 Å². The number of nitrogens with one attached hydrogen (secondary N) is 1.